The summed E-state index contributed by atoms with van der Waals surface area (Å²) in [4.78, 5) is 19.4. The molecule has 0 saturated carbocycles. The molecule has 2 aromatic rings. The summed E-state index contributed by atoms with van der Waals surface area (Å²) in [6.07, 6.45) is 4.30. The van der Waals surface area contributed by atoms with Crippen molar-refractivity contribution in [1.82, 2.24) is 19.1 Å². The van der Waals surface area contributed by atoms with Crippen molar-refractivity contribution < 1.29 is 0 Å². The first-order valence-corrected chi connectivity index (χ1v) is 4.94. The van der Waals surface area contributed by atoms with Crippen molar-refractivity contribution in [3.8, 4) is 0 Å². The number of hydrogen-bond acceptors (Lipinski definition) is 3. The van der Waals surface area contributed by atoms with Crippen molar-refractivity contribution in [2.24, 2.45) is 14.1 Å². The van der Waals surface area contributed by atoms with Gasteiger partial charge in [-0.25, -0.2) is 9.97 Å². The molecule has 0 N–H and O–H groups in total. The quantitative estimate of drug-likeness (QED) is 0.651. The third-order valence-electron chi connectivity index (χ3n) is 1.79. The van der Waals surface area contributed by atoms with Gasteiger partial charge in [-0.05, 0) is 0 Å². The molecule has 2 aromatic heterocycles. The molecule has 0 spiro atoms. The lowest BCUT2D eigenvalue weighted by Gasteiger charge is -1.95. The minimum Gasteiger partial charge on any atom is -0.328 e. The van der Waals surface area contributed by atoms with Crippen LogP contribution in [0, 0.1) is 0 Å². The number of rotatable bonds is 0. The summed E-state index contributed by atoms with van der Waals surface area (Å²) in [6.45, 7) is 4.25. The Balaban J connectivity index is 0.000000337. The zero-order valence-corrected chi connectivity index (χ0v) is 9.56. The van der Waals surface area contributed by atoms with E-state index in [1.165, 1.54) is 17.3 Å². The summed E-state index contributed by atoms with van der Waals surface area (Å²) in [6, 6.07) is 0. The topological polar surface area (TPSA) is 52.7 Å². The monoisotopic (exact) mass is 208 g/mol. The summed E-state index contributed by atoms with van der Waals surface area (Å²) >= 11 is 0. The molecule has 5 nitrogen and oxygen atoms in total. The molecule has 0 aliphatic carbocycles. The molecule has 0 unspecified atom stereocenters. The number of aromatic nitrogens is 4. The van der Waals surface area contributed by atoms with E-state index in [1.807, 2.05) is 0 Å². The summed E-state index contributed by atoms with van der Waals surface area (Å²) in [7, 11) is 3.44. The van der Waals surface area contributed by atoms with Crippen LogP contribution in [0.3, 0.4) is 0 Å². The summed E-state index contributed by atoms with van der Waals surface area (Å²) in [5, 5.41) is 0. The van der Waals surface area contributed by atoms with E-state index in [1.54, 1.807) is 25.0 Å². The first kappa shape index (κ1) is 11.4. The summed E-state index contributed by atoms with van der Waals surface area (Å²) in [5.74, 6) is 0. The zero-order valence-electron chi connectivity index (χ0n) is 9.56. The van der Waals surface area contributed by atoms with Gasteiger partial charge in [0, 0.05) is 14.1 Å². The normalized spacial score (nSPS) is 9.87. The van der Waals surface area contributed by atoms with Crippen molar-refractivity contribution >= 4 is 11.2 Å². The second-order valence-electron chi connectivity index (χ2n) is 3.40. The maximum atomic E-state index is 11.5. The molecule has 0 bridgehead atoms. The Bertz CT molecular complexity index is 498. The Morgan fingerprint density at radius 1 is 1.13 bits per heavy atom. The predicted molar refractivity (Wildman–Crippen MR) is 59.7 cm³/mol. The fraction of sp³-hybridized carbons (Fsp3) is 0.500. The molecule has 0 saturated heterocycles. The van der Waals surface area contributed by atoms with Crippen LogP contribution in [0.5, 0.6) is 0 Å². The van der Waals surface area contributed by atoms with Crippen LogP contribution in [0.4, 0.5) is 0 Å². The molecular formula is C10H16N4O. The molecule has 0 aliphatic rings. The average molecular weight is 208 g/mol. The molecule has 0 radical (unpaired) electrons. The molecule has 5 heteroatoms. The van der Waals surface area contributed by atoms with E-state index in [9.17, 15) is 4.79 Å². The lowest BCUT2D eigenvalue weighted by molar-refractivity contribution is 0.827. The fourth-order valence-corrected chi connectivity index (χ4v) is 1.12. The minimum absolute atomic E-state index is 0.0694. The lowest BCUT2D eigenvalue weighted by atomic mass is 10.5. The maximum absolute atomic E-state index is 11.5. The molecule has 2 heterocycles. The highest BCUT2D eigenvalue weighted by Crippen LogP contribution is 2.00. The van der Waals surface area contributed by atoms with Crippen molar-refractivity contribution in [1.29, 1.82) is 0 Å². The number of nitrogens with zero attached hydrogens (tertiary/aromatic N) is 4. The van der Waals surface area contributed by atoms with Gasteiger partial charge < -0.3 is 9.13 Å². The SMILES string of the molecule is CCC.Cn1cnc2ncn(C)c2c1=O. The second kappa shape index (κ2) is 4.72. The second-order valence-corrected chi connectivity index (χ2v) is 3.40. The van der Waals surface area contributed by atoms with Crippen LogP contribution in [-0.4, -0.2) is 19.1 Å². The van der Waals surface area contributed by atoms with Gasteiger partial charge in [0.25, 0.3) is 5.56 Å². The molecule has 0 fully saturated rings. The molecule has 0 atom stereocenters. The van der Waals surface area contributed by atoms with Crippen LogP contribution >= 0.6 is 0 Å². The van der Waals surface area contributed by atoms with Crippen LogP contribution in [0.15, 0.2) is 17.4 Å². The Morgan fingerprint density at radius 3 is 2.13 bits per heavy atom. The Morgan fingerprint density at radius 2 is 1.60 bits per heavy atom. The van der Waals surface area contributed by atoms with Gasteiger partial charge in [-0.1, -0.05) is 20.3 Å². The fourth-order valence-electron chi connectivity index (χ4n) is 1.12. The van der Waals surface area contributed by atoms with Gasteiger partial charge >= 0.3 is 0 Å². The number of hydrogen-bond donors (Lipinski definition) is 0. The minimum atomic E-state index is -0.0694. The van der Waals surface area contributed by atoms with Crippen molar-refractivity contribution in [3.63, 3.8) is 0 Å². The van der Waals surface area contributed by atoms with Gasteiger partial charge in [-0.2, -0.15) is 0 Å². The molecule has 15 heavy (non-hydrogen) atoms. The standard InChI is InChI=1S/C7H8N4O.C3H8/c1-10-3-8-6-5(10)7(12)11(2)4-9-6;1-3-2/h3-4H,1-2H3;3H2,1-2H3. The van der Waals surface area contributed by atoms with Crippen LogP contribution in [0.1, 0.15) is 20.3 Å². The Kier molecular flexibility index (Phi) is 3.60. The van der Waals surface area contributed by atoms with Gasteiger partial charge in [-0.15, -0.1) is 0 Å². The summed E-state index contributed by atoms with van der Waals surface area (Å²) < 4.78 is 3.11. The van der Waals surface area contributed by atoms with E-state index >= 15 is 0 Å². The first-order valence-electron chi connectivity index (χ1n) is 4.94. The highest BCUT2D eigenvalue weighted by atomic mass is 16.1. The largest absolute Gasteiger partial charge is 0.328 e. The highest BCUT2D eigenvalue weighted by Gasteiger charge is 2.05. The van der Waals surface area contributed by atoms with Gasteiger partial charge in [0.05, 0.1) is 12.7 Å². The third-order valence-corrected chi connectivity index (χ3v) is 1.79. The van der Waals surface area contributed by atoms with Crippen LogP contribution in [0.2, 0.25) is 0 Å². The van der Waals surface area contributed by atoms with E-state index in [0.717, 1.165) is 0 Å². The van der Waals surface area contributed by atoms with Gasteiger partial charge in [0.1, 0.15) is 0 Å². The highest BCUT2D eigenvalue weighted by molar-refractivity contribution is 5.68. The van der Waals surface area contributed by atoms with E-state index in [-0.39, 0.29) is 5.56 Å². The molecule has 0 aliphatic heterocycles. The molecule has 0 amide bonds. The maximum Gasteiger partial charge on any atom is 0.279 e. The van der Waals surface area contributed by atoms with Crippen molar-refractivity contribution in [3.05, 3.63) is 23.0 Å². The predicted octanol–water partition coefficient (Wildman–Crippen LogP) is 1.08. The molecule has 2 rings (SSSR count). The van der Waals surface area contributed by atoms with E-state index < -0.39 is 0 Å². The van der Waals surface area contributed by atoms with Crippen molar-refractivity contribution in [2.45, 2.75) is 20.3 Å². The van der Waals surface area contributed by atoms with Crippen LogP contribution < -0.4 is 5.56 Å². The van der Waals surface area contributed by atoms with E-state index in [2.05, 4.69) is 23.8 Å². The molecule has 0 aromatic carbocycles. The van der Waals surface area contributed by atoms with Crippen LogP contribution in [0.25, 0.3) is 11.2 Å². The average Bonchev–Trinajstić information content (AvgIpc) is 2.56. The van der Waals surface area contributed by atoms with Gasteiger partial charge in [0.2, 0.25) is 0 Å². The van der Waals surface area contributed by atoms with Gasteiger partial charge in [-0.3, -0.25) is 4.79 Å². The lowest BCUT2D eigenvalue weighted by Crippen LogP contribution is -2.18. The van der Waals surface area contributed by atoms with Crippen LogP contribution in [-0.2, 0) is 14.1 Å². The van der Waals surface area contributed by atoms with Gasteiger partial charge in [0.15, 0.2) is 11.2 Å². The first-order chi connectivity index (χ1) is 7.11. The molecule has 82 valence electrons. The number of imidazole rings is 1. The summed E-state index contributed by atoms with van der Waals surface area (Å²) in [5.41, 5.74) is 0.973. The Labute approximate surface area is 88.4 Å². The third kappa shape index (κ3) is 2.23. The number of aryl methyl sites for hydroxylation is 2. The van der Waals surface area contributed by atoms with Crippen molar-refractivity contribution in [2.75, 3.05) is 0 Å². The Hall–Kier alpha value is -1.65. The van der Waals surface area contributed by atoms with E-state index in [0.29, 0.717) is 11.2 Å². The van der Waals surface area contributed by atoms with E-state index in [4.69, 9.17) is 0 Å². The smallest absolute Gasteiger partial charge is 0.279 e. The zero-order chi connectivity index (χ0) is 11.4. The number of fused-ring (bicyclic) bond motifs is 1. The molecular weight excluding hydrogens is 192 g/mol.